The molecule has 0 spiro atoms. The average molecular weight is 393 g/mol. The average Bonchev–Trinajstić information content (AvgIpc) is 3.30. The standard InChI is InChI=1S/C26H16S2/c1-2-6-17(7-3-1)18-10-12-19(13-11-18)20-14-15-22-24(16-20)28-25-21-8-4-5-9-23(21)27-26(22)25/h1-16H. The number of hydrogen-bond donors (Lipinski definition) is 0. The molecule has 0 N–H and O–H groups in total. The second-order valence-electron chi connectivity index (χ2n) is 7.01. The van der Waals surface area contributed by atoms with E-state index in [-0.39, 0.29) is 0 Å². The number of thiophene rings is 2. The molecule has 6 rings (SSSR count). The fraction of sp³-hybridized carbons (Fsp3) is 0. The molecule has 2 heterocycles. The molecule has 0 amide bonds. The fourth-order valence-electron chi connectivity index (χ4n) is 3.87. The molecule has 28 heavy (non-hydrogen) atoms. The van der Waals surface area contributed by atoms with Crippen LogP contribution in [0.2, 0.25) is 0 Å². The van der Waals surface area contributed by atoms with Gasteiger partial charge in [-0.3, -0.25) is 0 Å². The van der Waals surface area contributed by atoms with Crippen LogP contribution in [0.4, 0.5) is 0 Å². The maximum absolute atomic E-state index is 2.35. The largest absolute Gasteiger partial charge is 0.134 e. The van der Waals surface area contributed by atoms with Gasteiger partial charge in [0, 0.05) is 20.2 Å². The van der Waals surface area contributed by atoms with Crippen molar-refractivity contribution >= 4 is 52.2 Å². The summed E-state index contributed by atoms with van der Waals surface area (Å²) in [7, 11) is 0. The molecule has 0 unspecified atom stereocenters. The van der Waals surface area contributed by atoms with Crippen molar-refractivity contribution in [1.82, 2.24) is 0 Å². The highest BCUT2D eigenvalue weighted by molar-refractivity contribution is 7.36. The van der Waals surface area contributed by atoms with E-state index in [0.29, 0.717) is 0 Å². The Bertz CT molecular complexity index is 1430. The lowest BCUT2D eigenvalue weighted by molar-refractivity contribution is 1.60. The van der Waals surface area contributed by atoms with Crippen LogP contribution < -0.4 is 0 Å². The highest BCUT2D eigenvalue weighted by Crippen LogP contribution is 2.44. The Balaban J connectivity index is 1.45. The van der Waals surface area contributed by atoms with Crippen LogP contribution in [0.25, 0.3) is 51.8 Å². The first kappa shape index (κ1) is 16.1. The quantitative estimate of drug-likeness (QED) is 0.277. The Hall–Kier alpha value is -2.94. The molecule has 0 fully saturated rings. The zero-order valence-electron chi connectivity index (χ0n) is 15.1. The summed E-state index contributed by atoms with van der Waals surface area (Å²) >= 11 is 3.83. The lowest BCUT2D eigenvalue weighted by Crippen LogP contribution is -1.80. The van der Waals surface area contributed by atoms with Crippen LogP contribution in [-0.4, -0.2) is 0 Å². The summed E-state index contributed by atoms with van der Waals surface area (Å²) < 4.78 is 5.60. The minimum atomic E-state index is 1.26. The van der Waals surface area contributed by atoms with E-state index >= 15 is 0 Å². The second kappa shape index (κ2) is 6.30. The van der Waals surface area contributed by atoms with Gasteiger partial charge in [0.05, 0.1) is 9.40 Å². The molecule has 0 atom stereocenters. The predicted molar refractivity (Wildman–Crippen MR) is 126 cm³/mol. The van der Waals surface area contributed by atoms with E-state index in [1.807, 2.05) is 22.7 Å². The molecule has 0 saturated heterocycles. The van der Waals surface area contributed by atoms with Crippen LogP contribution in [0.5, 0.6) is 0 Å². The lowest BCUT2D eigenvalue weighted by atomic mass is 10.00. The molecule has 6 aromatic rings. The number of fused-ring (bicyclic) bond motifs is 5. The zero-order chi connectivity index (χ0) is 18.5. The van der Waals surface area contributed by atoms with E-state index in [1.165, 1.54) is 51.8 Å². The molecule has 0 aliphatic rings. The molecule has 0 bridgehead atoms. The summed E-state index contributed by atoms with van der Waals surface area (Å²) in [5.41, 5.74) is 5.07. The number of benzene rings is 4. The van der Waals surface area contributed by atoms with Crippen molar-refractivity contribution in [2.24, 2.45) is 0 Å². The van der Waals surface area contributed by atoms with Gasteiger partial charge >= 0.3 is 0 Å². The Morgan fingerprint density at radius 1 is 0.393 bits per heavy atom. The molecule has 0 aliphatic carbocycles. The minimum Gasteiger partial charge on any atom is -0.134 e. The first-order valence-corrected chi connectivity index (χ1v) is 11.0. The monoisotopic (exact) mass is 392 g/mol. The molecule has 2 heteroatoms. The van der Waals surface area contributed by atoms with Gasteiger partial charge in [-0.2, -0.15) is 0 Å². The Kier molecular flexibility index (Phi) is 3.61. The van der Waals surface area contributed by atoms with Crippen LogP contribution in [0, 0.1) is 0 Å². The van der Waals surface area contributed by atoms with Crippen molar-refractivity contribution in [3.05, 3.63) is 97.1 Å². The maximum Gasteiger partial charge on any atom is 0.0542 e. The topological polar surface area (TPSA) is 0 Å². The molecular weight excluding hydrogens is 376 g/mol. The van der Waals surface area contributed by atoms with Gasteiger partial charge < -0.3 is 0 Å². The highest BCUT2D eigenvalue weighted by Gasteiger charge is 2.12. The van der Waals surface area contributed by atoms with Gasteiger partial charge in [-0.15, -0.1) is 22.7 Å². The number of rotatable bonds is 2. The Morgan fingerprint density at radius 3 is 1.71 bits per heavy atom. The molecule has 0 aliphatic heterocycles. The third-order valence-electron chi connectivity index (χ3n) is 5.31. The minimum absolute atomic E-state index is 1.26. The fourth-order valence-corrected chi connectivity index (χ4v) is 6.56. The Labute approximate surface area is 171 Å². The number of hydrogen-bond acceptors (Lipinski definition) is 2. The van der Waals surface area contributed by atoms with Gasteiger partial charge in [-0.1, -0.05) is 84.9 Å². The van der Waals surface area contributed by atoms with Gasteiger partial charge in [0.15, 0.2) is 0 Å². The van der Waals surface area contributed by atoms with E-state index < -0.39 is 0 Å². The summed E-state index contributed by atoms with van der Waals surface area (Å²) in [6, 6.07) is 35.1. The van der Waals surface area contributed by atoms with Crippen LogP contribution >= 0.6 is 22.7 Å². The predicted octanol–water partition coefficient (Wildman–Crippen LogP) is 8.60. The van der Waals surface area contributed by atoms with Crippen molar-refractivity contribution in [2.75, 3.05) is 0 Å². The third kappa shape index (κ3) is 2.50. The molecule has 0 nitrogen and oxygen atoms in total. The third-order valence-corrected chi connectivity index (χ3v) is 7.83. The van der Waals surface area contributed by atoms with E-state index in [9.17, 15) is 0 Å². The summed E-state index contributed by atoms with van der Waals surface area (Å²) in [5.74, 6) is 0. The smallest absolute Gasteiger partial charge is 0.0542 e. The van der Waals surface area contributed by atoms with Crippen LogP contribution in [0.15, 0.2) is 97.1 Å². The van der Waals surface area contributed by atoms with E-state index in [4.69, 9.17) is 0 Å². The highest BCUT2D eigenvalue weighted by atomic mass is 32.1. The second-order valence-corrected chi connectivity index (χ2v) is 9.12. The zero-order valence-corrected chi connectivity index (χ0v) is 16.7. The van der Waals surface area contributed by atoms with Crippen LogP contribution in [0.1, 0.15) is 0 Å². The maximum atomic E-state index is 2.35. The summed E-state index contributed by atoms with van der Waals surface area (Å²) in [4.78, 5) is 0. The molecular formula is C26H16S2. The molecule has 4 aromatic carbocycles. The van der Waals surface area contributed by atoms with Crippen LogP contribution in [0.3, 0.4) is 0 Å². The van der Waals surface area contributed by atoms with Crippen molar-refractivity contribution in [3.63, 3.8) is 0 Å². The van der Waals surface area contributed by atoms with Gasteiger partial charge in [-0.05, 0) is 34.4 Å². The summed E-state index contributed by atoms with van der Waals surface area (Å²) in [5, 5.41) is 2.77. The van der Waals surface area contributed by atoms with E-state index in [2.05, 4.69) is 97.1 Å². The van der Waals surface area contributed by atoms with Gasteiger partial charge in [0.25, 0.3) is 0 Å². The molecule has 132 valence electrons. The summed E-state index contributed by atoms with van der Waals surface area (Å²) in [6.07, 6.45) is 0. The summed E-state index contributed by atoms with van der Waals surface area (Å²) in [6.45, 7) is 0. The van der Waals surface area contributed by atoms with Gasteiger partial charge in [-0.25, -0.2) is 0 Å². The first-order chi connectivity index (χ1) is 13.9. The van der Waals surface area contributed by atoms with Crippen molar-refractivity contribution in [3.8, 4) is 22.3 Å². The van der Waals surface area contributed by atoms with Crippen molar-refractivity contribution in [1.29, 1.82) is 0 Å². The van der Waals surface area contributed by atoms with Crippen molar-refractivity contribution < 1.29 is 0 Å². The van der Waals surface area contributed by atoms with E-state index in [0.717, 1.165) is 0 Å². The Morgan fingerprint density at radius 2 is 0.929 bits per heavy atom. The molecule has 0 radical (unpaired) electrons. The first-order valence-electron chi connectivity index (χ1n) is 9.36. The SMILES string of the molecule is c1ccc(-c2ccc(-c3ccc4c(c3)sc3c5ccccc5sc43)cc2)cc1. The van der Waals surface area contributed by atoms with Gasteiger partial charge in [0.2, 0.25) is 0 Å². The lowest BCUT2D eigenvalue weighted by Gasteiger charge is -2.05. The normalized spacial score (nSPS) is 11.6. The van der Waals surface area contributed by atoms with Crippen LogP contribution in [-0.2, 0) is 0 Å². The van der Waals surface area contributed by atoms with Gasteiger partial charge in [0.1, 0.15) is 0 Å². The van der Waals surface area contributed by atoms with E-state index in [1.54, 1.807) is 0 Å². The van der Waals surface area contributed by atoms with Crippen molar-refractivity contribution in [2.45, 2.75) is 0 Å². The molecule has 0 saturated carbocycles. The molecule has 2 aromatic heterocycles.